The molecule has 0 fully saturated rings. The summed E-state index contributed by atoms with van der Waals surface area (Å²) in [6.45, 7) is 1.81. The fraction of sp³-hybridized carbons (Fsp3) is 0.0370. The van der Waals surface area contributed by atoms with Crippen LogP contribution < -0.4 is 4.90 Å². The number of hydrogen-bond acceptors (Lipinski definition) is 6. The molecular formula is C27H19NO6S2. The van der Waals surface area contributed by atoms with Crippen molar-refractivity contribution >= 4 is 37.2 Å². The molecule has 0 radical (unpaired) electrons. The first-order valence-corrected chi connectivity index (χ1v) is 13.8. The van der Waals surface area contributed by atoms with Gasteiger partial charge in [-0.2, -0.15) is 0 Å². The fourth-order valence-corrected chi connectivity index (χ4v) is 6.78. The van der Waals surface area contributed by atoms with Crippen LogP contribution in [0.4, 0.5) is 5.69 Å². The van der Waals surface area contributed by atoms with Crippen LogP contribution in [0.15, 0.2) is 117 Å². The number of amides is 2. The van der Waals surface area contributed by atoms with Gasteiger partial charge in [0.1, 0.15) is 0 Å². The van der Waals surface area contributed by atoms with Crippen molar-refractivity contribution < 1.29 is 26.4 Å². The van der Waals surface area contributed by atoms with Crippen molar-refractivity contribution in [3.8, 4) is 0 Å². The molecule has 36 heavy (non-hydrogen) atoms. The number of carbonyl (C=O) groups is 2. The number of carbonyl (C=O) groups excluding carboxylic acids is 2. The molecule has 5 rings (SSSR count). The Morgan fingerprint density at radius 2 is 1.06 bits per heavy atom. The minimum absolute atomic E-state index is 0.00699. The number of anilines is 1. The number of rotatable bonds is 5. The molecule has 7 nitrogen and oxygen atoms in total. The topological polar surface area (TPSA) is 106 Å². The van der Waals surface area contributed by atoms with Crippen molar-refractivity contribution in [2.24, 2.45) is 0 Å². The first-order valence-electron chi connectivity index (χ1n) is 10.9. The van der Waals surface area contributed by atoms with E-state index in [-0.39, 0.29) is 36.4 Å². The normalized spacial score (nSPS) is 13.6. The highest BCUT2D eigenvalue weighted by molar-refractivity contribution is 7.92. The van der Waals surface area contributed by atoms with Crippen LogP contribution in [0.2, 0.25) is 0 Å². The van der Waals surface area contributed by atoms with Crippen LogP contribution in [0, 0.1) is 6.92 Å². The van der Waals surface area contributed by atoms with E-state index in [0.29, 0.717) is 0 Å². The summed E-state index contributed by atoms with van der Waals surface area (Å²) in [5.41, 5.74) is 0.743. The van der Waals surface area contributed by atoms with Crippen molar-refractivity contribution in [2.75, 3.05) is 4.90 Å². The Hall–Kier alpha value is -4.08. The van der Waals surface area contributed by atoms with E-state index in [1.165, 1.54) is 42.5 Å². The van der Waals surface area contributed by atoms with Gasteiger partial charge in [0, 0.05) is 0 Å². The van der Waals surface area contributed by atoms with E-state index in [1.54, 1.807) is 42.5 Å². The molecule has 2 amide bonds. The Bertz CT molecular complexity index is 1710. The minimum Gasteiger partial charge on any atom is -0.268 e. The molecule has 180 valence electrons. The summed E-state index contributed by atoms with van der Waals surface area (Å²) in [4.78, 5) is 26.6. The van der Waals surface area contributed by atoms with Gasteiger partial charge in [0.2, 0.25) is 19.7 Å². The molecule has 4 aromatic carbocycles. The van der Waals surface area contributed by atoms with Crippen molar-refractivity contribution in [1.29, 1.82) is 0 Å². The molecule has 0 unspecified atom stereocenters. The summed E-state index contributed by atoms with van der Waals surface area (Å²) < 4.78 is 53.9. The summed E-state index contributed by atoms with van der Waals surface area (Å²) >= 11 is 0. The second-order valence-electron chi connectivity index (χ2n) is 8.25. The average Bonchev–Trinajstić information content (AvgIpc) is 3.14. The van der Waals surface area contributed by atoms with Gasteiger partial charge in [-0.25, -0.2) is 21.7 Å². The Morgan fingerprint density at radius 3 is 1.64 bits per heavy atom. The van der Waals surface area contributed by atoms with Crippen LogP contribution in [0.1, 0.15) is 26.3 Å². The molecule has 0 spiro atoms. The monoisotopic (exact) mass is 517 g/mol. The molecule has 0 atom stereocenters. The highest BCUT2D eigenvalue weighted by Gasteiger charge is 2.40. The van der Waals surface area contributed by atoms with Crippen LogP contribution in [0.25, 0.3) is 0 Å². The molecule has 0 aliphatic carbocycles. The Morgan fingerprint density at radius 1 is 0.556 bits per heavy atom. The fourth-order valence-electron chi connectivity index (χ4n) is 4.05. The summed E-state index contributed by atoms with van der Waals surface area (Å²) in [7, 11) is -8.30. The van der Waals surface area contributed by atoms with Gasteiger partial charge < -0.3 is 0 Å². The number of nitrogens with zero attached hydrogens (tertiary/aromatic N) is 1. The van der Waals surface area contributed by atoms with Gasteiger partial charge in [-0.05, 0) is 61.5 Å². The maximum Gasteiger partial charge on any atom is 0.266 e. The van der Waals surface area contributed by atoms with Gasteiger partial charge in [0.25, 0.3) is 11.8 Å². The van der Waals surface area contributed by atoms with Crippen molar-refractivity contribution in [3.05, 3.63) is 114 Å². The van der Waals surface area contributed by atoms with Gasteiger partial charge in [-0.3, -0.25) is 9.59 Å². The number of imide groups is 1. The van der Waals surface area contributed by atoms with Gasteiger partial charge >= 0.3 is 0 Å². The van der Waals surface area contributed by atoms with E-state index in [2.05, 4.69) is 0 Å². The van der Waals surface area contributed by atoms with E-state index < -0.39 is 31.5 Å². The molecular weight excluding hydrogens is 498 g/mol. The third-order valence-electron chi connectivity index (χ3n) is 5.95. The molecule has 0 bridgehead atoms. The predicted molar refractivity (Wildman–Crippen MR) is 133 cm³/mol. The van der Waals surface area contributed by atoms with Gasteiger partial charge in [-0.15, -0.1) is 0 Å². The smallest absolute Gasteiger partial charge is 0.266 e. The summed E-state index contributed by atoms with van der Waals surface area (Å²) in [6, 6.07) is 23.2. The van der Waals surface area contributed by atoms with E-state index >= 15 is 0 Å². The van der Waals surface area contributed by atoms with Crippen LogP contribution in [-0.4, -0.2) is 28.6 Å². The van der Waals surface area contributed by atoms with E-state index in [9.17, 15) is 26.4 Å². The van der Waals surface area contributed by atoms with Gasteiger partial charge in [0.05, 0.1) is 36.4 Å². The molecule has 0 saturated heterocycles. The SMILES string of the molecule is Cc1ccc(S(=O)(=O)c2ccc(S(=O)(=O)c3ccccc3)cc2N2C(=O)c3ccccc3C2=O)cc1. The van der Waals surface area contributed by atoms with Crippen LogP contribution in [0.3, 0.4) is 0 Å². The molecule has 0 aromatic heterocycles. The maximum atomic E-state index is 13.6. The second-order valence-corrected chi connectivity index (χ2v) is 12.1. The van der Waals surface area contributed by atoms with Crippen molar-refractivity contribution in [2.45, 2.75) is 26.5 Å². The first kappa shape index (κ1) is 23.7. The largest absolute Gasteiger partial charge is 0.268 e. The Labute approximate surface area is 208 Å². The zero-order chi connectivity index (χ0) is 25.7. The lowest BCUT2D eigenvalue weighted by Gasteiger charge is -2.20. The quantitative estimate of drug-likeness (QED) is 0.362. The lowest BCUT2D eigenvalue weighted by Crippen LogP contribution is -2.31. The molecule has 1 heterocycles. The number of benzene rings is 4. The molecule has 9 heteroatoms. The number of aryl methyl sites for hydroxylation is 1. The molecule has 0 saturated carbocycles. The first-order chi connectivity index (χ1) is 17.1. The molecule has 1 aliphatic heterocycles. The lowest BCUT2D eigenvalue weighted by molar-refractivity contribution is 0.0925. The molecule has 0 N–H and O–H groups in total. The maximum absolute atomic E-state index is 13.6. The number of fused-ring (bicyclic) bond motifs is 1. The van der Waals surface area contributed by atoms with Crippen LogP contribution in [-0.2, 0) is 19.7 Å². The molecule has 1 aliphatic rings. The molecule has 4 aromatic rings. The van der Waals surface area contributed by atoms with Gasteiger partial charge in [-0.1, -0.05) is 48.0 Å². The highest BCUT2D eigenvalue weighted by atomic mass is 32.2. The van der Waals surface area contributed by atoms with Crippen LogP contribution >= 0.6 is 0 Å². The third kappa shape index (κ3) is 3.73. The van der Waals surface area contributed by atoms with E-state index in [1.807, 2.05) is 6.92 Å². The highest BCUT2D eigenvalue weighted by Crippen LogP contribution is 2.38. The lowest BCUT2D eigenvalue weighted by atomic mass is 10.1. The predicted octanol–water partition coefficient (Wildman–Crippen LogP) is 4.46. The standard InChI is InChI=1S/C27H19NO6S2/c1-18-11-13-20(14-12-18)36(33,34)25-16-15-21(35(31,32)19-7-3-2-4-8-19)17-24(25)28-26(29)22-9-5-6-10-23(22)27(28)30/h2-17H,1H3. The van der Waals surface area contributed by atoms with Crippen LogP contribution in [0.5, 0.6) is 0 Å². The average molecular weight is 518 g/mol. The second kappa shape index (κ2) is 8.54. The zero-order valence-electron chi connectivity index (χ0n) is 19.0. The summed E-state index contributed by atoms with van der Waals surface area (Å²) in [6.07, 6.45) is 0. The van der Waals surface area contributed by atoms with E-state index in [0.717, 1.165) is 22.6 Å². The summed E-state index contributed by atoms with van der Waals surface area (Å²) in [5, 5.41) is 0. The van der Waals surface area contributed by atoms with Crippen molar-refractivity contribution in [1.82, 2.24) is 0 Å². The third-order valence-corrected chi connectivity index (χ3v) is 9.53. The number of hydrogen-bond donors (Lipinski definition) is 0. The number of sulfone groups is 2. The van der Waals surface area contributed by atoms with E-state index in [4.69, 9.17) is 0 Å². The van der Waals surface area contributed by atoms with Crippen molar-refractivity contribution in [3.63, 3.8) is 0 Å². The van der Waals surface area contributed by atoms with Gasteiger partial charge in [0.15, 0.2) is 0 Å². The Kier molecular flexibility index (Phi) is 5.61. The minimum atomic E-state index is -4.23. The summed E-state index contributed by atoms with van der Waals surface area (Å²) in [5.74, 6) is -1.46. The zero-order valence-corrected chi connectivity index (χ0v) is 20.6. The Balaban J connectivity index is 1.75.